The van der Waals surface area contributed by atoms with E-state index in [0.29, 0.717) is 13.1 Å². The number of piperazine rings is 1. The topological polar surface area (TPSA) is 52.6 Å². The molecule has 1 atom stereocenters. The van der Waals surface area contributed by atoms with Crippen molar-refractivity contribution in [3.05, 3.63) is 0 Å². The summed E-state index contributed by atoms with van der Waals surface area (Å²) in [6, 6.07) is -0.0921. The maximum Gasteiger partial charge on any atom is 0.247 e. The number of hydrogen-bond donors (Lipinski definition) is 1. The highest BCUT2D eigenvalue weighted by atomic mass is 16.2. The zero-order chi connectivity index (χ0) is 12.6. The number of nitrogens with zero attached hydrogens (tertiary/aromatic N) is 2. The van der Waals surface area contributed by atoms with Gasteiger partial charge in [-0.3, -0.25) is 9.59 Å². The molecule has 2 fully saturated rings. The SMILES string of the molecule is CN1CCN(C(=O)C2CCCN2)C(C)(C)C1=O. The van der Waals surface area contributed by atoms with E-state index >= 15 is 0 Å². The van der Waals surface area contributed by atoms with E-state index in [9.17, 15) is 9.59 Å². The fourth-order valence-corrected chi connectivity index (χ4v) is 2.68. The van der Waals surface area contributed by atoms with Crippen LogP contribution in [0.1, 0.15) is 26.7 Å². The van der Waals surface area contributed by atoms with Gasteiger partial charge in [-0.1, -0.05) is 0 Å². The van der Waals surface area contributed by atoms with Gasteiger partial charge in [-0.05, 0) is 33.2 Å². The standard InChI is InChI=1S/C12H21N3O2/c1-12(2)11(17)14(3)7-8-15(12)10(16)9-5-4-6-13-9/h9,13H,4-8H2,1-3H3. The monoisotopic (exact) mass is 239 g/mol. The van der Waals surface area contributed by atoms with Crippen molar-refractivity contribution in [2.45, 2.75) is 38.3 Å². The van der Waals surface area contributed by atoms with Crippen LogP contribution in [-0.2, 0) is 9.59 Å². The molecule has 0 aliphatic carbocycles. The minimum Gasteiger partial charge on any atom is -0.342 e. The molecule has 0 aromatic rings. The molecule has 5 heteroatoms. The summed E-state index contributed by atoms with van der Waals surface area (Å²) < 4.78 is 0. The number of hydrogen-bond acceptors (Lipinski definition) is 3. The number of nitrogens with one attached hydrogen (secondary N) is 1. The molecule has 1 unspecified atom stereocenters. The third-order valence-corrected chi connectivity index (χ3v) is 3.83. The van der Waals surface area contributed by atoms with Gasteiger partial charge in [0.1, 0.15) is 5.54 Å². The van der Waals surface area contributed by atoms with Crippen molar-refractivity contribution in [1.82, 2.24) is 15.1 Å². The number of likely N-dealkylation sites (N-methyl/N-ethyl adjacent to an activating group) is 1. The van der Waals surface area contributed by atoms with Crippen LogP contribution in [0.5, 0.6) is 0 Å². The second-order valence-electron chi connectivity index (χ2n) is 5.42. The van der Waals surface area contributed by atoms with Gasteiger partial charge in [-0.15, -0.1) is 0 Å². The summed E-state index contributed by atoms with van der Waals surface area (Å²) in [5.74, 6) is 0.101. The van der Waals surface area contributed by atoms with Gasteiger partial charge < -0.3 is 15.1 Å². The maximum absolute atomic E-state index is 12.4. The lowest BCUT2D eigenvalue weighted by molar-refractivity contribution is -0.158. The van der Waals surface area contributed by atoms with Crippen molar-refractivity contribution in [3.63, 3.8) is 0 Å². The van der Waals surface area contributed by atoms with Gasteiger partial charge in [0.25, 0.3) is 0 Å². The Kier molecular flexibility index (Phi) is 3.12. The van der Waals surface area contributed by atoms with Crippen LogP contribution < -0.4 is 5.32 Å². The van der Waals surface area contributed by atoms with Crippen LogP contribution in [0, 0.1) is 0 Å². The molecule has 0 spiro atoms. The second kappa shape index (κ2) is 4.29. The summed E-state index contributed by atoms with van der Waals surface area (Å²) >= 11 is 0. The molecule has 1 N–H and O–H groups in total. The first-order valence-corrected chi connectivity index (χ1v) is 6.25. The predicted molar refractivity (Wildman–Crippen MR) is 64.5 cm³/mol. The Hall–Kier alpha value is -1.10. The highest BCUT2D eigenvalue weighted by Crippen LogP contribution is 2.23. The van der Waals surface area contributed by atoms with Gasteiger partial charge in [0.2, 0.25) is 11.8 Å². The third kappa shape index (κ3) is 2.04. The summed E-state index contributed by atoms with van der Waals surface area (Å²) in [6.07, 6.45) is 1.92. The highest BCUT2D eigenvalue weighted by Gasteiger charge is 2.44. The van der Waals surface area contributed by atoms with Crippen molar-refractivity contribution in [3.8, 4) is 0 Å². The molecule has 2 aliphatic heterocycles. The van der Waals surface area contributed by atoms with E-state index in [1.165, 1.54) is 0 Å². The summed E-state index contributed by atoms with van der Waals surface area (Å²) in [4.78, 5) is 27.9. The van der Waals surface area contributed by atoms with Gasteiger partial charge in [-0.2, -0.15) is 0 Å². The van der Waals surface area contributed by atoms with Crippen molar-refractivity contribution in [2.24, 2.45) is 0 Å². The lowest BCUT2D eigenvalue weighted by Gasteiger charge is -2.45. The average Bonchev–Trinajstić information content (AvgIpc) is 2.79. The molecule has 17 heavy (non-hydrogen) atoms. The van der Waals surface area contributed by atoms with Crippen molar-refractivity contribution < 1.29 is 9.59 Å². The van der Waals surface area contributed by atoms with E-state index in [-0.39, 0.29) is 17.9 Å². The van der Waals surface area contributed by atoms with Crippen molar-refractivity contribution >= 4 is 11.8 Å². The Morgan fingerprint density at radius 3 is 2.71 bits per heavy atom. The van der Waals surface area contributed by atoms with Crippen LogP contribution in [0.2, 0.25) is 0 Å². The zero-order valence-corrected chi connectivity index (χ0v) is 10.8. The summed E-state index contributed by atoms with van der Waals surface area (Å²) in [6.45, 7) is 5.82. The van der Waals surface area contributed by atoms with Gasteiger partial charge >= 0.3 is 0 Å². The van der Waals surface area contributed by atoms with Crippen LogP contribution >= 0.6 is 0 Å². The number of carbonyl (C=O) groups excluding carboxylic acids is 2. The minimum atomic E-state index is -0.714. The van der Waals surface area contributed by atoms with E-state index in [1.807, 2.05) is 13.8 Å². The molecule has 0 aromatic carbocycles. The average molecular weight is 239 g/mol. The van der Waals surface area contributed by atoms with E-state index < -0.39 is 5.54 Å². The molecule has 0 aromatic heterocycles. The van der Waals surface area contributed by atoms with Gasteiger partial charge in [0.15, 0.2) is 0 Å². The zero-order valence-electron chi connectivity index (χ0n) is 10.8. The molecular formula is C12H21N3O2. The number of amides is 2. The number of rotatable bonds is 1. The molecular weight excluding hydrogens is 218 g/mol. The molecule has 2 aliphatic rings. The van der Waals surface area contributed by atoms with Crippen LogP contribution in [0.4, 0.5) is 0 Å². The van der Waals surface area contributed by atoms with Crippen LogP contribution in [0.25, 0.3) is 0 Å². The first-order chi connectivity index (χ1) is 7.94. The van der Waals surface area contributed by atoms with E-state index in [2.05, 4.69) is 5.32 Å². The van der Waals surface area contributed by atoms with Gasteiger partial charge in [-0.25, -0.2) is 0 Å². The predicted octanol–water partition coefficient (Wildman–Crippen LogP) is -0.182. The fraction of sp³-hybridized carbons (Fsp3) is 0.833. The van der Waals surface area contributed by atoms with Crippen LogP contribution in [-0.4, -0.2) is 59.9 Å². The smallest absolute Gasteiger partial charge is 0.247 e. The Balaban J connectivity index is 2.14. The van der Waals surface area contributed by atoms with E-state index in [0.717, 1.165) is 19.4 Å². The molecule has 2 rings (SSSR count). The van der Waals surface area contributed by atoms with Crippen LogP contribution in [0.15, 0.2) is 0 Å². The minimum absolute atomic E-state index is 0.0232. The first-order valence-electron chi connectivity index (χ1n) is 6.25. The molecule has 2 amide bonds. The first kappa shape index (κ1) is 12.4. The molecule has 0 saturated carbocycles. The second-order valence-corrected chi connectivity index (χ2v) is 5.42. The van der Waals surface area contributed by atoms with E-state index in [1.54, 1.807) is 16.8 Å². The summed E-state index contributed by atoms with van der Waals surface area (Å²) in [5.41, 5.74) is -0.714. The molecule has 2 heterocycles. The Morgan fingerprint density at radius 1 is 1.41 bits per heavy atom. The molecule has 0 radical (unpaired) electrons. The Morgan fingerprint density at radius 2 is 2.12 bits per heavy atom. The lowest BCUT2D eigenvalue weighted by atomic mass is 9.96. The van der Waals surface area contributed by atoms with Gasteiger partial charge in [0.05, 0.1) is 6.04 Å². The maximum atomic E-state index is 12.4. The summed E-state index contributed by atoms with van der Waals surface area (Å²) in [7, 11) is 1.79. The largest absolute Gasteiger partial charge is 0.342 e. The normalized spacial score (nSPS) is 28.6. The van der Waals surface area contributed by atoms with Crippen molar-refractivity contribution in [1.29, 1.82) is 0 Å². The molecule has 0 bridgehead atoms. The molecule has 5 nitrogen and oxygen atoms in total. The fourth-order valence-electron chi connectivity index (χ4n) is 2.68. The number of carbonyl (C=O) groups is 2. The lowest BCUT2D eigenvalue weighted by Crippen LogP contribution is -2.65. The third-order valence-electron chi connectivity index (χ3n) is 3.83. The highest BCUT2D eigenvalue weighted by molar-refractivity contribution is 5.93. The van der Waals surface area contributed by atoms with Gasteiger partial charge in [0, 0.05) is 20.1 Å². The Labute approximate surface area is 102 Å². The molecule has 96 valence electrons. The molecule has 2 saturated heterocycles. The van der Waals surface area contributed by atoms with Crippen molar-refractivity contribution in [2.75, 3.05) is 26.7 Å². The summed E-state index contributed by atoms with van der Waals surface area (Å²) in [5, 5.41) is 3.20. The quantitative estimate of drug-likeness (QED) is 0.690. The van der Waals surface area contributed by atoms with Crippen LogP contribution in [0.3, 0.4) is 0 Å². The van der Waals surface area contributed by atoms with E-state index in [4.69, 9.17) is 0 Å². The Bertz CT molecular complexity index is 335.